The van der Waals surface area contributed by atoms with E-state index in [1.54, 1.807) is 24.9 Å². The molecule has 4 heteroatoms. The Kier molecular flexibility index (Phi) is 3.09. The van der Waals surface area contributed by atoms with Crippen LogP contribution in [0.25, 0.3) is 0 Å². The lowest BCUT2D eigenvalue weighted by molar-refractivity contribution is 0.0556. The minimum absolute atomic E-state index is 0.129. The van der Waals surface area contributed by atoms with Crippen LogP contribution >= 0.6 is 0 Å². The highest BCUT2D eigenvalue weighted by Crippen LogP contribution is 1.98. The van der Waals surface area contributed by atoms with Gasteiger partial charge in [-0.25, -0.2) is 4.79 Å². The summed E-state index contributed by atoms with van der Waals surface area (Å²) >= 11 is 0. The molecular weight excluding hydrogens is 168 g/mol. The van der Waals surface area contributed by atoms with Crippen molar-refractivity contribution < 1.29 is 9.53 Å². The third kappa shape index (κ3) is 2.64. The number of hydrogen-bond donors (Lipinski definition) is 0. The van der Waals surface area contributed by atoms with E-state index >= 15 is 0 Å². The molecule has 0 radical (unpaired) electrons. The molecule has 0 spiro atoms. The van der Waals surface area contributed by atoms with E-state index in [4.69, 9.17) is 4.74 Å². The second kappa shape index (κ2) is 4.31. The van der Waals surface area contributed by atoms with Gasteiger partial charge in [0.15, 0.2) is 6.61 Å². The molecule has 4 nitrogen and oxygen atoms in total. The fourth-order valence-corrected chi connectivity index (χ4v) is 0.784. The van der Waals surface area contributed by atoms with Crippen LogP contribution in [-0.2, 0) is 11.8 Å². The van der Waals surface area contributed by atoms with Gasteiger partial charge in [0.2, 0.25) is 0 Å². The number of aryl methyl sites for hydroxylation is 1. The second-order valence-corrected chi connectivity index (χ2v) is 2.41. The number of aromatic nitrogens is 2. The number of carbonyl (C=O) groups excluding carboxylic acids is 1. The van der Waals surface area contributed by atoms with Crippen LogP contribution in [0.4, 0.5) is 0 Å². The Morgan fingerprint density at radius 1 is 1.77 bits per heavy atom. The van der Waals surface area contributed by atoms with Crippen molar-refractivity contribution in [2.45, 2.75) is 6.92 Å². The maximum absolute atomic E-state index is 11.2. The Morgan fingerprint density at radius 3 is 3.08 bits per heavy atom. The molecule has 0 amide bonds. The van der Waals surface area contributed by atoms with Gasteiger partial charge in [-0.05, 0) is 6.92 Å². The summed E-state index contributed by atoms with van der Waals surface area (Å²) in [4.78, 5) is 11.2. The van der Waals surface area contributed by atoms with E-state index in [2.05, 4.69) is 16.9 Å². The molecular formula is C9H10N2O2. The summed E-state index contributed by atoms with van der Waals surface area (Å²) in [7, 11) is 1.74. The molecule has 0 bridgehead atoms. The first kappa shape index (κ1) is 9.33. The van der Waals surface area contributed by atoms with Gasteiger partial charge in [-0.3, -0.25) is 4.68 Å². The van der Waals surface area contributed by atoms with Crippen molar-refractivity contribution in [3.63, 3.8) is 0 Å². The monoisotopic (exact) mass is 178 g/mol. The molecule has 0 aromatic carbocycles. The van der Waals surface area contributed by atoms with Crippen LogP contribution in [-0.4, -0.2) is 22.4 Å². The molecule has 0 atom stereocenters. The number of hydrogen-bond acceptors (Lipinski definition) is 3. The minimum atomic E-state index is -0.393. The topological polar surface area (TPSA) is 44.1 Å². The van der Waals surface area contributed by atoms with Gasteiger partial charge in [-0.15, -0.1) is 5.92 Å². The quantitative estimate of drug-likeness (QED) is 0.492. The number of esters is 1. The summed E-state index contributed by atoms with van der Waals surface area (Å²) in [6, 6.07) is 0. The fraction of sp³-hybridized carbons (Fsp3) is 0.333. The predicted octanol–water partition coefficient (Wildman–Crippen LogP) is 0.600. The number of carbonyl (C=O) groups is 1. The largest absolute Gasteiger partial charge is 0.449 e. The maximum atomic E-state index is 11.2. The maximum Gasteiger partial charge on any atom is 0.342 e. The summed E-state index contributed by atoms with van der Waals surface area (Å²) in [5, 5.41) is 3.85. The normalized spacial score (nSPS) is 8.77. The van der Waals surface area contributed by atoms with Gasteiger partial charge < -0.3 is 4.74 Å². The summed E-state index contributed by atoms with van der Waals surface area (Å²) < 4.78 is 6.36. The van der Waals surface area contributed by atoms with Crippen LogP contribution in [0.2, 0.25) is 0 Å². The highest BCUT2D eigenvalue weighted by atomic mass is 16.5. The molecule has 1 rings (SSSR count). The first-order chi connectivity index (χ1) is 6.24. The van der Waals surface area contributed by atoms with Crippen LogP contribution in [0.5, 0.6) is 0 Å². The predicted molar refractivity (Wildman–Crippen MR) is 46.9 cm³/mol. The van der Waals surface area contributed by atoms with Gasteiger partial charge in [0.05, 0.1) is 11.8 Å². The van der Waals surface area contributed by atoms with E-state index in [1.807, 2.05) is 0 Å². The zero-order chi connectivity index (χ0) is 9.68. The molecule has 0 saturated carbocycles. The third-order valence-electron chi connectivity index (χ3n) is 1.39. The lowest BCUT2D eigenvalue weighted by Gasteiger charge is -1.95. The summed E-state index contributed by atoms with van der Waals surface area (Å²) in [5.74, 6) is 4.87. The Labute approximate surface area is 76.5 Å². The molecule has 0 unspecified atom stereocenters. The van der Waals surface area contributed by atoms with Gasteiger partial charge in [0, 0.05) is 13.2 Å². The van der Waals surface area contributed by atoms with Crippen LogP contribution in [0.3, 0.4) is 0 Å². The molecule has 0 aliphatic rings. The zero-order valence-electron chi connectivity index (χ0n) is 7.57. The van der Waals surface area contributed by atoms with Crippen molar-refractivity contribution in [2.75, 3.05) is 6.61 Å². The molecule has 0 saturated heterocycles. The van der Waals surface area contributed by atoms with E-state index in [0.29, 0.717) is 5.56 Å². The SMILES string of the molecule is CC#CCOC(=O)c1cnn(C)c1. The smallest absolute Gasteiger partial charge is 0.342 e. The first-order valence-electron chi connectivity index (χ1n) is 3.79. The number of rotatable bonds is 2. The average molecular weight is 178 g/mol. The Bertz CT molecular complexity index is 357. The Morgan fingerprint density at radius 2 is 2.54 bits per heavy atom. The Balaban J connectivity index is 2.52. The van der Waals surface area contributed by atoms with Gasteiger partial charge in [0.25, 0.3) is 0 Å². The average Bonchev–Trinajstić information content (AvgIpc) is 2.52. The van der Waals surface area contributed by atoms with Crippen LogP contribution < -0.4 is 0 Å². The minimum Gasteiger partial charge on any atom is -0.449 e. The van der Waals surface area contributed by atoms with Gasteiger partial charge in [-0.2, -0.15) is 5.10 Å². The molecule has 0 N–H and O–H groups in total. The van der Waals surface area contributed by atoms with E-state index in [1.165, 1.54) is 6.20 Å². The van der Waals surface area contributed by atoms with E-state index in [9.17, 15) is 4.79 Å². The molecule has 0 aliphatic carbocycles. The highest BCUT2D eigenvalue weighted by molar-refractivity contribution is 5.88. The number of nitrogens with zero attached hydrogens (tertiary/aromatic N) is 2. The van der Waals surface area contributed by atoms with E-state index in [0.717, 1.165) is 0 Å². The lowest BCUT2D eigenvalue weighted by atomic mass is 10.4. The van der Waals surface area contributed by atoms with Gasteiger partial charge in [-0.1, -0.05) is 5.92 Å². The standard InChI is InChI=1S/C9H10N2O2/c1-3-4-5-13-9(12)8-6-10-11(2)7-8/h6-7H,5H2,1-2H3. The van der Waals surface area contributed by atoms with Crippen LogP contribution in [0.15, 0.2) is 12.4 Å². The molecule has 1 aromatic rings. The van der Waals surface area contributed by atoms with Crippen molar-refractivity contribution in [1.29, 1.82) is 0 Å². The van der Waals surface area contributed by atoms with Crippen molar-refractivity contribution in [2.24, 2.45) is 7.05 Å². The van der Waals surface area contributed by atoms with Crippen molar-refractivity contribution in [3.8, 4) is 11.8 Å². The Hall–Kier alpha value is -1.76. The van der Waals surface area contributed by atoms with Crippen molar-refractivity contribution in [3.05, 3.63) is 18.0 Å². The molecule has 1 aromatic heterocycles. The van der Waals surface area contributed by atoms with Crippen LogP contribution in [0.1, 0.15) is 17.3 Å². The molecule has 1 heterocycles. The number of ether oxygens (including phenoxy) is 1. The highest BCUT2D eigenvalue weighted by Gasteiger charge is 2.07. The van der Waals surface area contributed by atoms with Gasteiger partial charge in [0.1, 0.15) is 0 Å². The summed E-state index contributed by atoms with van der Waals surface area (Å²) in [5.41, 5.74) is 0.445. The third-order valence-corrected chi connectivity index (χ3v) is 1.39. The zero-order valence-corrected chi connectivity index (χ0v) is 7.57. The molecule has 0 aliphatic heterocycles. The van der Waals surface area contributed by atoms with Gasteiger partial charge >= 0.3 is 5.97 Å². The van der Waals surface area contributed by atoms with Crippen LogP contribution in [0, 0.1) is 11.8 Å². The second-order valence-electron chi connectivity index (χ2n) is 2.41. The fourth-order valence-electron chi connectivity index (χ4n) is 0.784. The van der Waals surface area contributed by atoms with E-state index < -0.39 is 5.97 Å². The molecule has 0 fully saturated rings. The lowest BCUT2D eigenvalue weighted by Crippen LogP contribution is -2.04. The van der Waals surface area contributed by atoms with Crippen molar-refractivity contribution >= 4 is 5.97 Å². The summed E-state index contributed by atoms with van der Waals surface area (Å²) in [6.45, 7) is 1.82. The molecule has 13 heavy (non-hydrogen) atoms. The first-order valence-corrected chi connectivity index (χ1v) is 3.79. The summed E-state index contributed by atoms with van der Waals surface area (Å²) in [6.07, 6.45) is 3.06. The van der Waals surface area contributed by atoms with Crippen molar-refractivity contribution in [1.82, 2.24) is 9.78 Å². The van der Waals surface area contributed by atoms with E-state index in [-0.39, 0.29) is 6.61 Å². The molecule has 68 valence electrons.